The van der Waals surface area contributed by atoms with Crippen molar-refractivity contribution in [2.45, 2.75) is 44.6 Å². The Kier molecular flexibility index (Phi) is 4.30. The number of aromatic nitrogens is 3. The van der Waals surface area contributed by atoms with Gasteiger partial charge in [-0.1, -0.05) is 0 Å². The third-order valence-electron chi connectivity index (χ3n) is 6.90. The summed E-state index contributed by atoms with van der Waals surface area (Å²) >= 11 is 2.33. The van der Waals surface area contributed by atoms with Crippen LogP contribution in [0.4, 0.5) is 11.5 Å². The molecule has 1 aromatic carbocycles. The summed E-state index contributed by atoms with van der Waals surface area (Å²) in [5.41, 5.74) is 3.23. The molecule has 2 saturated carbocycles. The van der Waals surface area contributed by atoms with Crippen molar-refractivity contribution in [1.29, 1.82) is 0 Å². The fraction of sp³-hybridized carbons (Fsp3) is 0.435. The third-order valence-corrected chi connectivity index (χ3v) is 7.58. The quantitative estimate of drug-likeness (QED) is 0.499. The fourth-order valence-corrected chi connectivity index (χ4v) is 5.09. The minimum atomic E-state index is -0.0996. The van der Waals surface area contributed by atoms with Crippen LogP contribution in [0.25, 0.3) is 11.0 Å². The lowest BCUT2D eigenvalue weighted by Crippen LogP contribution is -2.35. The van der Waals surface area contributed by atoms with Crippen molar-refractivity contribution < 1.29 is 4.79 Å². The summed E-state index contributed by atoms with van der Waals surface area (Å²) in [4.78, 5) is 20.3. The van der Waals surface area contributed by atoms with Gasteiger partial charge in [-0.3, -0.25) is 4.79 Å². The highest BCUT2D eigenvalue weighted by Crippen LogP contribution is 2.54. The first kappa shape index (κ1) is 18.6. The smallest absolute Gasteiger partial charge is 0.258 e. The molecule has 0 bridgehead atoms. The molecule has 2 aliphatic carbocycles. The number of hydrogen-bond donors (Lipinski definition) is 1. The Morgan fingerprint density at radius 2 is 1.90 bits per heavy atom. The van der Waals surface area contributed by atoms with Crippen LogP contribution in [-0.2, 0) is 0 Å². The molecule has 1 spiro atoms. The van der Waals surface area contributed by atoms with Crippen LogP contribution in [-0.4, -0.2) is 33.8 Å². The summed E-state index contributed by atoms with van der Waals surface area (Å²) in [6.07, 6.45) is 9.40. The molecule has 7 heteroatoms. The summed E-state index contributed by atoms with van der Waals surface area (Å²) in [5, 5.41) is 8.52. The monoisotopic (exact) mass is 513 g/mol. The van der Waals surface area contributed by atoms with Gasteiger partial charge in [0.25, 0.3) is 5.91 Å². The molecule has 30 heavy (non-hydrogen) atoms. The lowest BCUT2D eigenvalue weighted by Gasteiger charge is -2.35. The molecular weight excluding hydrogens is 489 g/mol. The first-order valence-electron chi connectivity index (χ1n) is 10.8. The van der Waals surface area contributed by atoms with E-state index in [0.717, 1.165) is 51.8 Å². The lowest BCUT2D eigenvalue weighted by molar-refractivity contribution is 0.102. The molecule has 3 fully saturated rings. The maximum Gasteiger partial charge on any atom is 0.258 e. The molecule has 3 aliphatic rings. The summed E-state index contributed by atoms with van der Waals surface area (Å²) in [6.45, 7) is 2.07. The molecule has 0 atom stereocenters. The number of rotatable bonds is 4. The molecule has 2 aromatic heterocycles. The van der Waals surface area contributed by atoms with Crippen molar-refractivity contribution in [2.24, 2.45) is 5.41 Å². The van der Waals surface area contributed by atoms with Gasteiger partial charge in [-0.05, 0) is 96.9 Å². The zero-order valence-electron chi connectivity index (χ0n) is 16.8. The van der Waals surface area contributed by atoms with Gasteiger partial charge in [0, 0.05) is 22.0 Å². The Morgan fingerprint density at radius 3 is 2.63 bits per heavy atom. The number of fused-ring (bicyclic) bond motifs is 1. The standard InChI is InChI=1S/C23H24IN5O/c24-16-2-5-18(19(13-16)28-11-9-23(7-8-23)10-12-28)22(30)27-20-6-1-15-14-25-29(17-3-4-17)21(15)26-20/h1-2,5-6,13-14,17H,3-4,7-12H2,(H,26,27,30). The highest BCUT2D eigenvalue weighted by atomic mass is 127. The van der Waals surface area contributed by atoms with Gasteiger partial charge in [-0.25, -0.2) is 9.67 Å². The van der Waals surface area contributed by atoms with E-state index < -0.39 is 0 Å². The number of nitrogens with one attached hydrogen (secondary N) is 1. The second-order valence-electron chi connectivity index (χ2n) is 9.03. The van der Waals surface area contributed by atoms with E-state index in [1.165, 1.54) is 25.7 Å². The van der Waals surface area contributed by atoms with Crippen LogP contribution in [0.3, 0.4) is 0 Å². The van der Waals surface area contributed by atoms with Crippen molar-refractivity contribution >= 4 is 51.0 Å². The maximum absolute atomic E-state index is 13.2. The molecule has 1 amide bonds. The number of amides is 1. The Hall–Kier alpha value is -2.16. The largest absolute Gasteiger partial charge is 0.371 e. The predicted octanol–water partition coefficient (Wildman–Crippen LogP) is 5.00. The number of pyridine rings is 1. The van der Waals surface area contributed by atoms with E-state index in [9.17, 15) is 4.79 Å². The zero-order chi connectivity index (χ0) is 20.3. The number of halogens is 1. The van der Waals surface area contributed by atoms with Crippen molar-refractivity contribution in [3.63, 3.8) is 0 Å². The topological polar surface area (TPSA) is 63.1 Å². The Bertz CT molecular complexity index is 1140. The Labute approximate surface area is 189 Å². The first-order valence-corrected chi connectivity index (χ1v) is 11.9. The van der Waals surface area contributed by atoms with Crippen molar-refractivity contribution in [1.82, 2.24) is 14.8 Å². The van der Waals surface area contributed by atoms with Gasteiger partial charge >= 0.3 is 0 Å². The average Bonchev–Trinajstić information content (AvgIpc) is 3.68. The van der Waals surface area contributed by atoms with Gasteiger partial charge in [0.2, 0.25) is 0 Å². The molecule has 1 saturated heterocycles. The molecular formula is C23H24IN5O. The van der Waals surface area contributed by atoms with Crippen LogP contribution in [0.1, 0.15) is 54.9 Å². The van der Waals surface area contributed by atoms with Gasteiger partial charge in [0.05, 0.1) is 23.5 Å². The SMILES string of the molecule is O=C(Nc1ccc2cnn(C3CC3)c2n1)c1ccc(I)cc1N1CCC2(CC1)CC2. The first-order chi connectivity index (χ1) is 14.6. The van der Waals surface area contributed by atoms with Gasteiger partial charge in [-0.15, -0.1) is 0 Å². The summed E-state index contributed by atoms with van der Waals surface area (Å²) in [7, 11) is 0. The van der Waals surface area contributed by atoms with E-state index in [1.54, 1.807) is 0 Å². The number of benzene rings is 1. The minimum absolute atomic E-state index is 0.0996. The molecule has 1 aliphatic heterocycles. The Morgan fingerprint density at radius 1 is 1.10 bits per heavy atom. The van der Waals surface area contributed by atoms with Crippen LogP contribution in [0.5, 0.6) is 0 Å². The van der Waals surface area contributed by atoms with E-state index in [-0.39, 0.29) is 5.91 Å². The third kappa shape index (κ3) is 3.36. The summed E-state index contributed by atoms with van der Waals surface area (Å²) < 4.78 is 3.14. The lowest BCUT2D eigenvalue weighted by atomic mass is 9.93. The highest BCUT2D eigenvalue weighted by molar-refractivity contribution is 14.1. The number of nitrogens with zero attached hydrogens (tertiary/aromatic N) is 4. The molecule has 3 heterocycles. The second kappa shape index (κ2) is 6.93. The van der Waals surface area contributed by atoms with Crippen molar-refractivity contribution in [2.75, 3.05) is 23.3 Å². The number of carbonyl (C=O) groups excluding carboxylic acids is 1. The van der Waals surface area contributed by atoms with Crippen molar-refractivity contribution in [3.05, 3.63) is 45.7 Å². The fourth-order valence-electron chi connectivity index (χ4n) is 4.62. The minimum Gasteiger partial charge on any atom is -0.371 e. The molecule has 1 N–H and O–H groups in total. The van der Waals surface area contributed by atoms with Gasteiger partial charge in [-0.2, -0.15) is 5.10 Å². The molecule has 6 nitrogen and oxygen atoms in total. The molecule has 0 radical (unpaired) electrons. The number of carbonyl (C=O) groups is 1. The van der Waals surface area contributed by atoms with E-state index >= 15 is 0 Å². The van der Waals surface area contributed by atoms with E-state index in [0.29, 0.717) is 17.3 Å². The molecule has 6 rings (SSSR count). The summed E-state index contributed by atoms with van der Waals surface area (Å²) in [6, 6.07) is 10.4. The summed E-state index contributed by atoms with van der Waals surface area (Å²) in [5.74, 6) is 0.479. The predicted molar refractivity (Wildman–Crippen MR) is 126 cm³/mol. The second-order valence-corrected chi connectivity index (χ2v) is 10.3. The average molecular weight is 513 g/mol. The van der Waals surface area contributed by atoms with Crippen LogP contribution < -0.4 is 10.2 Å². The molecule has 154 valence electrons. The van der Waals surface area contributed by atoms with Crippen molar-refractivity contribution in [3.8, 4) is 0 Å². The van der Waals surface area contributed by atoms with Crippen LogP contribution in [0, 0.1) is 8.99 Å². The van der Waals surface area contributed by atoms with E-state index in [1.807, 2.05) is 35.1 Å². The highest BCUT2D eigenvalue weighted by Gasteiger charge is 2.44. The van der Waals surface area contributed by atoms with Crippen LogP contribution in [0.2, 0.25) is 0 Å². The van der Waals surface area contributed by atoms with E-state index in [4.69, 9.17) is 4.98 Å². The maximum atomic E-state index is 13.2. The van der Waals surface area contributed by atoms with Crippen LogP contribution in [0.15, 0.2) is 36.5 Å². The zero-order valence-corrected chi connectivity index (χ0v) is 18.9. The number of hydrogen-bond acceptors (Lipinski definition) is 4. The normalized spacial score (nSPS) is 20.0. The number of piperidine rings is 1. The van der Waals surface area contributed by atoms with Gasteiger partial charge < -0.3 is 10.2 Å². The van der Waals surface area contributed by atoms with E-state index in [2.05, 4.69) is 44.0 Å². The number of anilines is 2. The molecule has 0 unspecified atom stereocenters. The van der Waals surface area contributed by atoms with Gasteiger partial charge in [0.15, 0.2) is 5.65 Å². The Balaban J connectivity index is 1.27. The molecule has 3 aromatic rings. The van der Waals surface area contributed by atoms with Crippen LogP contribution >= 0.6 is 22.6 Å². The van der Waals surface area contributed by atoms with Gasteiger partial charge in [0.1, 0.15) is 5.82 Å².